The monoisotopic (exact) mass is 191 g/mol. The summed E-state index contributed by atoms with van der Waals surface area (Å²) in [7, 11) is 0. The molecular weight excluding hydrogens is 182 g/mol. The fraction of sp³-hybridized carbons (Fsp3) is 0.222. The van der Waals surface area contributed by atoms with Crippen LogP contribution in [0.1, 0.15) is 17.3 Å². The number of aromatic nitrogens is 3. The third-order valence-corrected chi connectivity index (χ3v) is 1.78. The Morgan fingerprint density at radius 2 is 2.43 bits per heavy atom. The molecule has 2 aromatic heterocycles. The summed E-state index contributed by atoms with van der Waals surface area (Å²) in [5.41, 5.74) is 1.76. The number of carbonyl (C=O) groups excluding carboxylic acids is 1. The smallest absolute Gasteiger partial charge is 0.339 e. The summed E-state index contributed by atoms with van der Waals surface area (Å²) >= 11 is 0. The Morgan fingerprint density at radius 1 is 1.57 bits per heavy atom. The number of H-pyrrole nitrogens is 1. The summed E-state index contributed by atoms with van der Waals surface area (Å²) < 4.78 is 4.84. The van der Waals surface area contributed by atoms with Crippen LogP contribution in [-0.2, 0) is 4.74 Å². The van der Waals surface area contributed by atoms with Crippen LogP contribution in [0.2, 0.25) is 0 Å². The van der Waals surface area contributed by atoms with Gasteiger partial charge in [-0.05, 0) is 13.0 Å². The van der Waals surface area contributed by atoms with Crippen molar-refractivity contribution in [2.45, 2.75) is 6.92 Å². The number of pyridine rings is 1. The standard InChI is InChI=1S/C9H9N3O2/c1-2-14-9(13)6-3-7-8(10-4-6)12-5-11-7/h3-5H,2H2,1H3,(H,10,11,12). The van der Waals surface area contributed by atoms with E-state index >= 15 is 0 Å². The normalized spacial score (nSPS) is 10.4. The number of hydrogen-bond donors (Lipinski definition) is 1. The van der Waals surface area contributed by atoms with Gasteiger partial charge in [-0.25, -0.2) is 14.8 Å². The highest BCUT2D eigenvalue weighted by molar-refractivity contribution is 5.92. The summed E-state index contributed by atoms with van der Waals surface area (Å²) in [6.45, 7) is 2.12. The van der Waals surface area contributed by atoms with Crippen LogP contribution in [0.4, 0.5) is 0 Å². The maximum atomic E-state index is 11.3. The zero-order chi connectivity index (χ0) is 9.97. The van der Waals surface area contributed by atoms with E-state index in [4.69, 9.17) is 4.74 Å². The first kappa shape index (κ1) is 8.68. The van der Waals surface area contributed by atoms with Crippen molar-refractivity contribution in [2.75, 3.05) is 6.61 Å². The van der Waals surface area contributed by atoms with E-state index in [1.54, 1.807) is 13.0 Å². The van der Waals surface area contributed by atoms with Gasteiger partial charge in [0.2, 0.25) is 0 Å². The highest BCUT2D eigenvalue weighted by atomic mass is 16.5. The largest absolute Gasteiger partial charge is 0.462 e. The van der Waals surface area contributed by atoms with E-state index in [-0.39, 0.29) is 5.97 Å². The molecule has 14 heavy (non-hydrogen) atoms. The lowest BCUT2D eigenvalue weighted by atomic mass is 10.3. The molecule has 1 N–H and O–H groups in total. The van der Waals surface area contributed by atoms with Crippen molar-refractivity contribution >= 4 is 17.1 Å². The quantitative estimate of drug-likeness (QED) is 0.722. The van der Waals surface area contributed by atoms with Crippen LogP contribution in [0.3, 0.4) is 0 Å². The molecule has 0 aliphatic carbocycles. The molecule has 0 radical (unpaired) electrons. The maximum Gasteiger partial charge on any atom is 0.339 e. The number of esters is 1. The molecule has 0 aliphatic heterocycles. The number of ether oxygens (including phenoxy) is 1. The van der Waals surface area contributed by atoms with E-state index in [1.807, 2.05) is 0 Å². The van der Waals surface area contributed by atoms with Gasteiger partial charge in [0.15, 0.2) is 5.65 Å². The number of imidazole rings is 1. The molecule has 0 spiro atoms. The van der Waals surface area contributed by atoms with E-state index in [1.165, 1.54) is 12.5 Å². The van der Waals surface area contributed by atoms with Gasteiger partial charge in [-0.15, -0.1) is 0 Å². The molecule has 0 unspecified atom stereocenters. The van der Waals surface area contributed by atoms with Gasteiger partial charge in [-0.3, -0.25) is 0 Å². The van der Waals surface area contributed by atoms with Gasteiger partial charge in [0, 0.05) is 6.20 Å². The van der Waals surface area contributed by atoms with E-state index in [2.05, 4.69) is 15.0 Å². The van der Waals surface area contributed by atoms with Crippen LogP contribution < -0.4 is 0 Å². The van der Waals surface area contributed by atoms with Crippen LogP contribution in [-0.4, -0.2) is 27.5 Å². The van der Waals surface area contributed by atoms with Gasteiger partial charge in [-0.2, -0.15) is 0 Å². The highest BCUT2D eigenvalue weighted by Crippen LogP contribution is 2.09. The Morgan fingerprint density at radius 3 is 3.21 bits per heavy atom. The summed E-state index contributed by atoms with van der Waals surface area (Å²) in [6, 6.07) is 1.67. The second-order valence-corrected chi connectivity index (χ2v) is 2.72. The third kappa shape index (κ3) is 1.44. The fourth-order valence-corrected chi connectivity index (χ4v) is 1.16. The Hall–Kier alpha value is -1.91. The highest BCUT2D eigenvalue weighted by Gasteiger charge is 2.08. The lowest BCUT2D eigenvalue weighted by molar-refractivity contribution is 0.0526. The van der Waals surface area contributed by atoms with E-state index < -0.39 is 0 Å². The number of hydrogen-bond acceptors (Lipinski definition) is 4. The molecule has 0 fully saturated rings. The van der Waals surface area contributed by atoms with Crippen LogP contribution >= 0.6 is 0 Å². The zero-order valence-electron chi connectivity index (χ0n) is 7.65. The van der Waals surface area contributed by atoms with Gasteiger partial charge in [-0.1, -0.05) is 0 Å². The van der Waals surface area contributed by atoms with Crippen LogP contribution in [0, 0.1) is 0 Å². The fourth-order valence-electron chi connectivity index (χ4n) is 1.16. The molecule has 5 heteroatoms. The molecule has 2 heterocycles. The average molecular weight is 191 g/mol. The predicted octanol–water partition coefficient (Wildman–Crippen LogP) is 1.13. The molecular formula is C9H9N3O2. The van der Waals surface area contributed by atoms with Gasteiger partial charge in [0.05, 0.1) is 24.0 Å². The number of carbonyl (C=O) groups is 1. The lowest BCUT2D eigenvalue weighted by Crippen LogP contribution is -2.04. The summed E-state index contributed by atoms with van der Waals surface area (Å²) in [5, 5.41) is 0. The summed E-state index contributed by atoms with van der Waals surface area (Å²) in [5.74, 6) is -0.364. The number of fused-ring (bicyclic) bond motifs is 1. The van der Waals surface area contributed by atoms with Crippen LogP contribution in [0.5, 0.6) is 0 Å². The molecule has 2 rings (SSSR count). The molecule has 0 atom stereocenters. The zero-order valence-corrected chi connectivity index (χ0v) is 7.65. The number of nitrogens with zero attached hydrogens (tertiary/aromatic N) is 2. The Balaban J connectivity index is 2.38. The molecule has 0 aliphatic rings. The van der Waals surface area contributed by atoms with Crippen molar-refractivity contribution in [1.82, 2.24) is 15.0 Å². The molecule has 0 saturated heterocycles. The first-order valence-corrected chi connectivity index (χ1v) is 4.27. The maximum absolute atomic E-state index is 11.3. The van der Waals surface area contributed by atoms with Crippen LogP contribution in [0.25, 0.3) is 11.2 Å². The molecule has 2 aromatic rings. The van der Waals surface area contributed by atoms with Crippen molar-refractivity contribution in [3.05, 3.63) is 24.2 Å². The van der Waals surface area contributed by atoms with Crippen molar-refractivity contribution in [3.63, 3.8) is 0 Å². The second kappa shape index (κ2) is 3.45. The first-order chi connectivity index (χ1) is 6.81. The van der Waals surface area contributed by atoms with Crippen LogP contribution in [0.15, 0.2) is 18.6 Å². The first-order valence-electron chi connectivity index (χ1n) is 4.27. The average Bonchev–Trinajstić information content (AvgIpc) is 2.64. The Labute approximate surface area is 80.1 Å². The Bertz CT molecular complexity index is 464. The van der Waals surface area contributed by atoms with Crippen molar-refractivity contribution in [3.8, 4) is 0 Å². The number of aromatic amines is 1. The topological polar surface area (TPSA) is 67.9 Å². The lowest BCUT2D eigenvalue weighted by Gasteiger charge is -1.99. The van der Waals surface area contributed by atoms with Crippen molar-refractivity contribution in [2.24, 2.45) is 0 Å². The Kier molecular flexibility index (Phi) is 2.14. The number of rotatable bonds is 2. The van der Waals surface area contributed by atoms with Crippen molar-refractivity contribution in [1.29, 1.82) is 0 Å². The molecule has 0 bridgehead atoms. The molecule has 0 aromatic carbocycles. The summed E-state index contributed by atoms with van der Waals surface area (Å²) in [4.78, 5) is 22.1. The molecule has 0 saturated carbocycles. The molecule has 0 amide bonds. The molecule has 72 valence electrons. The minimum Gasteiger partial charge on any atom is -0.462 e. The van der Waals surface area contributed by atoms with E-state index in [9.17, 15) is 4.79 Å². The second-order valence-electron chi connectivity index (χ2n) is 2.72. The minimum absolute atomic E-state index is 0.361. The predicted molar refractivity (Wildman–Crippen MR) is 49.8 cm³/mol. The SMILES string of the molecule is CCOC(=O)c1cnc2nc[nH]c2c1. The van der Waals surface area contributed by atoms with Crippen molar-refractivity contribution < 1.29 is 9.53 Å². The number of nitrogens with one attached hydrogen (secondary N) is 1. The van der Waals surface area contributed by atoms with Gasteiger partial charge in [0.1, 0.15) is 0 Å². The van der Waals surface area contributed by atoms with Gasteiger partial charge < -0.3 is 9.72 Å². The van der Waals surface area contributed by atoms with Gasteiger partial charge >= 0.3 is 5.97 Å². The summed E-state index contributed by atoms with van der Waals surface area (Å²) in [6.07, 6.45) is 2.99. The minimum atomic E-state index is -0.364. The third-order valence-electron chi connectivity index (χ3n) is 1.78. The van der Waals surface area contributed by atoms with E-state index in [0.717, 1.165) is 5.52 Å². The van der Waals surface area contributed by atoms with E-state index in [0.29, 0.717) is 17.8 Å². The molecule has 5 nitrogen and oxygen atoms in total. The van der Waals surface area contributed by atoms with Gasteiger partial charge in [0.25, 0.3) is 0 Å².